The molecule has 0 aliphatic carbocycles. The minimum absolute atomic E-state index is 0.0575. The molecule has 1 aromatic carbocycles. The van der Waals surface area contributed by atoms with Crippen LogP contribution >= 0.6 is 11.6 Å². The molecule has 1 aromatic rings. The molecular weight excluding hydrogens is 252 g/mol. The number of aliphatic carboxylic acids is 1. The number of hydrogen-bond donors (Lipinski definition) is 1. The van der Waals surface area contributed by atoms with Gasteiger partial charge in [-0.2, -0.15) is 5.26 Å². The van der Waals surface area contributed by atoms with Crippen molar-refractivity contribution >= 4 is 17.6 Å². The average molecular weight is 260 g/mol. The van der Waals surface area contributed by atoms with Crippen molar-refractivity contribution in [3.8, 4) is 6.07 Å². The Labute approximate surface area is 101 Å². The number of hydrogen-bond acceptors (Lipinski definition) is 2. The first-order valence-electron chi connectivity index (χ1n) is 4.62. The molecule has 0 spiro atoms. The third kappa shape index (κ3) is 2.92. The van der Waals surface area contributed by atoms with Crippen molar-refractivity contribution in [2.45, 2.75) is 18.7 Å². The Morgan fingerprint density at radius 1 is 1.47 bits per heavy atom. The maximum atomic E-state index is 12.9. The summed E-state index contributed by atoms with van der Waals surface area (Å²) in [6, 6.07) is 4.32. The summed E-state index contributed by atoms with van der Waals surface area (Å²) in [6.45, 7) is 0. The molecule has 17 heavy (non-hydrogen) atoms. The molecule has 0 aromatic heterocycles. The van der Waals surface area contributed by atoms with Crippen molar-refractivity contribution < 1.29 is 18.7 Å². The van der Waals surface area contributed by atoms with E-state index in [0.717, 1.165) is 0 Å². The number of carbonyl (C=O) groups is 1. The molecule has 0 aliphatic heterocycles. The van der Waals surface area contributed by atoms with Crippen LogP contribution in [0, 0.1) is 11.3 Å². The van der Waals surface area contributed by atoms with Gasteiger partial charge in [-0.25, -0.2) is 8.78 Å². The van der Waals surface area contributed by atoms with Crippen LogP contribution in [0.1, 0.15) is 28.7 Å². The topological polar surface area (TPSA) is 61.1 Å². The summed E-state index contributed by atoms with van der Waals surface area (Å²) in [4.78, 5) is 10.5. The summed E-state index contributed by atoms with van der Waals surface area (Å²) < 4.78 is 25.7. The molecule has 0 atom stereocenters. The number of carboxylic acids is 1. The van der Waals surface area contributed by atoms with Gasteiger partial charge < -0.3 is 5.11 Å². The van der Waals surface area contributed by atoms with Crippen LogP contribution in [0.3, 0.4) is 0 Å². The monoisotopic (exact) mass is 259 g/mol. The first kappa shape index (κ1) is 13.4. The highest BCUT2D eigenvalue weighted by atomic mass is 35.5. The molecule has 90 valence electrons. The van der Waals surface area contributed by atoms with Gasteiger partial charge in [0.05, 0.1) is 18.1 Å². The quantitative estimate of drug-likeness (QED) is 0.846. The van der Waals surface area contributed by atoms with Crippen LogP contribution in [-0.2, 0) is 17.1 Å². The summed E-state index contributed by atoms with van der Waals surface area (Å²) in [7, 11) is 0. The van der Waals surface area contributed by atoms with Crippen LogP contribution in [0.4, 0.5) is 8.78 Å². The van der Waals surface area contributed by atoms with Crippen molar-refractivity contribution in [3.05, 3.63) is 34.4 Å². The number of rotatable bonds is 4. The fourth-order valence-electron chi connectivity index (χ4n) is 1.52. The molecule has 0 fully saturated rings. The largest absolute Gasteiger partial charge is 0.481 e. The number of benzene rings is 1. The van der Waals surface area contributed by atoms with Crippen LogP contribution in [0.25, 0.3) is 0 Å². The van der Waals surface area contributed by atoms with Gasteiger partial charge in [-0.05, 0) is 11.1 Å². The van der Waals surface area contributed by atoms with E-state index in [9.17, 15) is 13.6 Å². The predicted octanol–water partition coefficient (Wildman–Crippen LogP) is 2.86. The molecule has 1 N–H and O–H groups in total. The summed E-state index contributed by atoms with van der Waals surface area (Å²) >= 11 is 5.53. The van der Waals surface area contributed by atoms with Crippen LogP contribution < -0.4 is 0 Å². The van der Waals surface area contributed by atoms with E-state index in [0.29, 0.717) is 0 Å². The fraction of sp³-hybridized carbons (Fsp3) is 0.273. The van der Waals surface area contributed by atoms with Gasteiger partial charge in [-0.1, -0.05) is 12.1 Å². The second kappa shape index (κ2) is 5.60. The van der Waals surface area contributed by atoms with Gasteiger partial charge in [-0.15, -0.1) is 11.6 Å². The zero-order valence-corrected chi connectivity index (χ0v) is 9.34. The Morgan fingerprint density at radius 2 is 2.06 bits per heavy atom. The lowest BCUT2D eigenvalue weighted by molar-refractivity contribution is -0.136. The average Bonchev–Trinajstić information content (AvgIpc) is 2.26. The summed E-state index contributed by atoms with van der Waals surface area (Å²) in [6.07, 6.45) is -3.45. The van der Waals surface area contributed by atoms with Crippen molar-refractivity contribution in [3.63, 3.8) is 0 Å². The summed E-state index contributed by atoms with van der Waals surface area (Å²) in [5, 5.41) is 17.5. The Bertz CT molecular complexity index is 483. The predicted molar refractivity (Wildman–Crippen MR) is 57.0 cm³/mol. The van der Waals surface area contributed by atoms with Gasteiger partial charge in [0.2, 0.25) is 0 Å². The highest BCUT2D eigenvalue weighted by molar-refractivity contribution is 6.17. The second-order valence-corrected chi connectivity index (χ2v) is 3.56. The van der Waals surface area contributed by atoms with E-state index in [1.807, 2.05) is 0 Å². The van der Waals surface area contributed by atoms with Crippen molar-refractivity contribution in [1.82, 2.24) is 0 Å². The zero-order valence-electron chi connectivity index (χ0n) is 8.58. The zero-order chi connectivity index (χ0) is 13.0. The van der Waals surface area contributed by atoms with Crippen molar-refractivity contribution in [2.75, 3.05) is 0 Å². The van der Waals surface area contributed by atoms with Crippen LogP contribution in [0.5, 0.6) is 0 Å². The Balaban J connectivity index is 3.43. The van der Waals surface area contributed by atoms with Gasteiger partial charge in [0.25, 0.3) is 6.43 Å². The molecular formula is C11H8ClF2NO2. The van der Waals surface area contributed by atoms with Crippen molar-refractivity contribution in [1.29, 1.82) is 5.26 Å². The van der Waals surface area contributed by atoms with E-state index < -0.39 is 24.4 Å². The Morgan fingerprint density at radius 3 is 2.47 bits per heavy atom. The smallest absolute Gasteiger partial charge is 0.307 e. The Hall–Kier alpha value is -1.67. The van der Waals surface area contributed by atoms with Gasteiger partial charge in [0.15, 0.2) is 0 Å². The molecule has 0 amide bonds. The minimum Gasteiger partial charge on any atom is -0.481 e. The first-order chi connectivity index (χ1) is 8.01. The molecule has 0 aliphatic rings. The standard InChI is InChI=1S/C11H8ClF2NO2/c12-4-7-2-1-6(3-9(16)17)10(11(13)14)8(7)5-15/h1-2,11H,3-4H2,(H,16,17). The molecule has 0 heterocycles. The normalized spacial score (nSPS) is 10.3. The molecule has 3 nitrogen and oxygen atoms in total. The third-order valence-corrected chi connectivity index (χ3v) is 2.53. The number of halogens is 3. The number of nitriles is 1. The number of nitrogens with zero attached hydrogens (tertiary/aromatic N) is 1. The maximum Gasteiger partial charge on any atom is 0.307 e. The number of alkyl halides is 3. The van der Waals surface area contributed by atoms with Gasteiger partial charge in [0.1, 0.15) is 0 Å². The van der Waals surface area contributed by atoms with Crippen LogP contribution in [0.2, 0.25) is 0 Å². The van der Waals surface area contributed by atoms with E-state index in [2.05, 4.69) is 0 Å². The SMILES string of the molecule is N#Cc1c(CCl)ccc(CC(=O)O)c1C(F)F. The molecule has 1 rings (SSSR count). The molecule has 0 saturated carbocycles. The molecule has 0 saturated heterocycles. The number of carboxylic acid groups (broad SMARTS) is 1. The highest BCUT2D eigenvalue weighted by Crippen LogP contribution is 2.30. The van der Waals surface area contributed by atoms with E-state index in [1.165, 1.54) is 12.1 Å². The molecule has 0 radical (unpaired) electrons. The van der Waals surface area contributed by atoms with Crippen LogP contribution in [0.15, 0.2) is 12.1 Å². The van der Waals surface area contributed by atoms with E-state index in [-0.39, 0.29) is 22.6 Å². The highest BCUT2D eigenvalue weighted by Gasteiger charge is 2.21. The molecule has 0 unspecified atom stereocenters. The first-order valence-corrected chi connectivity index (χ1v) is 5.15. The van der Waals surface area contributed by atoms with Gasteiger partial charge in [0, 0.05) is 11.4 Å². The third-order valence-electron chi connectivity index (χ3n) is 2.24. The van der Waals surface area contributed by atoms with Gasteiger partial charge >= 0.3 is 5.97 Å². The summed E-state index contributed by atoms with van der Waals surface area (Å²) in [5.74, 6) is -1.30. The van der Waals surface area contributed by atoms with E-state index in [4.69, 9.17) is 22.0 Å². The lowest BCUT2D eigenvalue weighted by atomic mass is 9.95. The van der Waals surface area contributed by atoms with Crippen LogP contribution in [-0.4, -0.2) is 11.1 Å². The molecule has 0 bridgehead atoms. The summed E-state index contributed by atoms with van der Waals surface area (Å²) in [5.41, 5.74) is -0.543. The maximum absolute atomic E-state index is 12.9. The lowest BCUT2D eigenvalue weighted by Gasteiger charge is -2.11. The lowest BCUT2D eigenvalue weighted by Crippen LogP contribution is -2.07. The Kier molecular flexibility index (Phi) is 4.41. The minimum atomic E-state index is -2.90. The van der Waals surface area contributed by atoms with Crippen molar-refractivity contribution in [2.24, 2.45) is 0 Å². The fourth-order valence-corrected chi connectivity index (χ4v) is 1.74. The second-order valence-electron chi connectivity index (χ2n) is 3.29. The van der Waals surface area contributed by atoms with E-state index >= 15 is 0 Å². The van der Waals surface area contributed by atoms with Gasteiger partial charge in [-0.3, -0.25) is 4.79 Å². The van der Waals surface area contributed by atoms with E-state index in [1.54, 1.807) is 6.07 Å². The molecule has 6 heteroatoms.